The second kappa shape index (κ2) is 9.85. The van der Waals surface area contributed by atoms with Crippen LogP contribution >= 0.6 is 11.3 Å². The summed E-state index contributed by atoms with van der Waals surface area (Å²) in [4.78, 5) is 27.5. The molecule has 29 heavy (non-hydrogen) atoms. The maximum Gasteiger partial charge on any atom is 0.224 e. The largest absolute Gasteiger partial charge is 0.356 e. The molecule has 2 fully saturated rings. The van der Waals surface area contributed by atoms with Crippen LogP contribution in [0.25, 0.3) is 10.3 Å². The number of pyridine rings is 1. The van der Waals surface area contributed by atoms with Crippen LogP contribution in [-0.2, 0) is 4.79 Å². The molecule has 0 spiro atoms. The molecule has 2 aromatic heterocycles. The number of thiazole rings is 1. The summed E-state index contributed by atoms with van der Waals surface area (Å²) >= 11 is 1.62. The van der Waals surface area contributed by atoms with Crippen LogP contribution in [-0.4, -0.2) is 60.0 Å². The summed E-state index contributed by atoms with van der Waals surface area (Å²) in [7, 11) is 2.24. The summed E-state index contributed by atoms with van der Waals surface area (Å²) in [5, 5.41) is 4.18. The van der Waals surface area contributed by atoms with Gasteiger partial charge in [0.25, 0.3) is 0 Å². The zero-order valence-corrected chi connectivity index (χ0v) is 18.3. The van der Waals surface area contributed by atoms with Crippen LogP contribution in [0, 0.1) is 5.92 Å². The van der Waals surface area contributed by atoms with Gasteiger partial charge >= 0.3 is 0 Å². The van der Waals surface area contributed by atoms with E-state index in [1.807, 2.05) is 18.3 Å². The van der Waals surface area contributed by atoms with Crippen LogP contribution in [0.3, 0.4) is 0 Å². The van der Waals surface area contributed by atoms with E-state index in [9.17, 15) is 4.79 Å². The van der Waals surface area contributed by atoms with Crippen molar-refractivity contribution in [3.05, 3.63) is 18.3 Å². The van der Waals surface area contributed by atoms with Crippen molar-refractivity contribution in [1.29, 1.82) is 0 Å². The first kappa shape index (κ1) is 20.5. The van der Waals surface area contributed by atoms with Gasteiger partial charge in [0.05, 0.1) is 5.92 Å². The minimum atomic E-state index is 0.0554. The summed E-state index contributed by atoms with van der Waals surface area (Å²) < 4.78 is 0. The Bertz CT molecular complexity index is 770. The summed E-state index contributed by atoms with van der Waals surface area (Å²) in [6, 6.07) is 4.67. The Balaban J connectivity index is 1.22. The first-order valence-electron chi connectivity index (χ1n) is 11.1. The molecule has 1 aliphatic heterocycles. The van der Waals surface area contributed by atoms with E-state index in [4.69, 9.17) is 4.98 Å². The van der Waals surface area contributed by atoms with E-state index in [2.05, 4.69) is 27.1 Å². The quantitative estimate of drug-likeness (QED) is 0.699. The highest BCUT2D eigenvalue weighted by atomic mass is 32.1. The van der Waals surface area contributed by atoms with Crippen molar-refractivity contribution in [2.45, 2.75) is 57.4 Å². The van der Waals surface area contributed by atoms with Gasteiger partial charge in [-0.3, -0.25) is 4.79 Å². The van der Waals surface area contributed by atoms with Crippen molar-refractivity contribution in [2.24, 2.45) is 5.92 Å². The minimum absolute atomic E-state index is 0.0554. The molecule has 1 saturated carbocycles. The molecule has 0 unspecified atom stereocenters. The Kier molecular flexibility index (Phi) is 6.98. The van der Waals surface area contributed by atoms with Gasteiger partial charge < -0.3 is 15.1 Å². The molecule has 7 heteroatoms. The van der Waals surface area contributed by atoms with Crippen molar-refractivity contribution < 1.29 is 4.79 Å². The second-order valence-corrected chi connectivity index (χ2v) is 9.48. The first-order chi connectivity index (χ1) is 14.2. The molecule has 2 aliphatic rings. The Morgan fingerprint density at radius 3 is 2.97 bits per heavy atom. The molecular weight excluding hydrogens is 382 g/mol. The number of amides is 1. The fourth-order valence-corrected chi connectivity index (χ4v) is 5.59. The third-order valence-electron chi connectivity index (χ3n) is 6.40. The molecule has 3 heterocycles. The number of carbonyl (C=O) groups is 1. The van der Waals surface area contributed by atoms with E-state index in [0.29, 0.717) is 0 Å². The number of hydrogen-bond donors (Lipinski definition) is 1. The number of nitrogens with zero attached hydrogens (tertiary/aromatic N) is 4. The number of nitrogens with one attached hydrogen (secondary N) is 1. The number of hydrogen-bond acceptors (Lipinski definition) is 6. The molecule has 158 valence electrons. The molecule has 1 aliphatic carbocycles. The highest BCUT2D eigenvalue weighted by molar-refractivity contribution is 7.21. The SMILES string of the molecule is CN(CCCNC(=O)[C@H]1CCCN(c2nc3cccnc3s2)C1)C1CCCCC1. The molecule has 1 amide bonds. The maximum absolute atomic E-state index is 12.7. The average molecular weight is 416 g/mol. The maximum atomic E-state index is 12.7. The van der Waals surface area contributed by atoms with Gasteiger partial charge in [0.1, 0.15) is 10.3 Å². The highest BCUT2D eigenvalue weighted by Crippen LogP contribution is 2.30. The van der Waals surface area contributed by atoms with Crippen LogP contribution in [0.5, 0.6) is 0 Å². The van der Waals surface area contributed by atoms with Gasteiger partial charge in [0, 0.05) is 31.9 Å². The summed E-state index contributed by atoms with van der Waals surface area (Å²) in [6.45, 7) is 3.57. The van der Waals surface area contributed by atoms with E-state index in [1.165, 1.54) is 32.1 Å². The van der Waals surface area contributed by atoms with Gasteiger partial charge in [0.2, 0.25) is 5.91 Å². The van der Waals surface area contributed by atoms with E-state index < -0.39 is 0 Å². The average Bonchev–Trinajstić information content (AvgIpc) is 3.21. The van der Waals surface area contributed by atoms with Crippen LogP contribution in [0.2, 0.25) is 0 Å². The van der Waals surface area contributed by atoms with Crippen LogP contribution in [0.15, 0.2) is 18.3 Å². The zero-order valence-electron chi connectivity index (χ0n) is 17.5. The monoisotopic (exact) mass is 415 g/mol. The van der Waals surface area contributed by atoms with Crippen molar-refractivity contribution in [3.63, 3.8) is 0 Å². The molecule has 1 atom stereocenters. The normalized spacial score (nSPS) is 21.0. The lowest BCUT2D eigenvalue weighted by Gasteiger charge is -2.32. The molecule has 4 rings (SSSR count). The Labute approximate surface area is 177 Å². The van der Waals surface area contributed by atoms with Crippen molar-refractivity contribution in [3.8, 4) is 0 Å². The summed E-state index contributed by atoms with van der Waals surface area (Å²) in [6.07, 6.45) is 11.6. The molecule has 0 radical (unpaired) electrons. The third kappa shape index (κ3) is 5.25. The van der Waals surface area contributed by atoms with Crippen LogP contribution < -0.4 is 10.2 Å². The third-order valence-corrected chi connectivity index (χ3v) is 7.44. The van der Waals surface area contributed by atoms with E-state index >= 15 is 0 Å². The van der Waals surface area contributed by atoms with Crippen LogP contribution in [0.4, 0.5) is 5.13 Å². The van der Waals surface area contributed by atoms with Crippen molar-refractivity contribution in [2.75, 3.05) is 38.1 Å². The molecular formula is C22H33N5OS. The minimum Gasteiger partial charge on any atom is -0.356 e. The number of rotatable bonds is 7. The van der Waals surface area contributed by atoms with Crippen LogP contribution in [0.1, 0.15) is 51.4 Å². The highest BCUT2D eigenvalue weighted by Gasteiger charge is 2.27. The fourth-order valence-electron chi connectivity index (χ4n) is 4.65. The lowest BCUT2D eigenvalue weighted by Crippen LogP contribution is -2.43. The van der Waals surface area contributed by atoms with Gasteiger partial charge in [-0.25, -0.2) is 9.97 Å². The van der Waals surface area contributed by atoms with Gasteiger partial charge in [0.15, 0.2) is 5.13 Å². The molecule has 0 aromatic carbocycles. The standard InChI is InChI=1S/C22H33N5OS/c1-26(18-9-3-2-4-10-18)14-7-13-23-20(28)17-8-6-15-27(16-17)22-25-19-11-5-12-24-21(19)29-22/h5,11-12,17-18H,2-4,6-10,13-16H2,1H3,(H,23,28)/t17-/m0/s1. The van der Waals surface area contributed by atoms with E-state index in [1.54, 1.807) is 11.3 Å². The van der Waals surface area contributed by atoms with Gasteiger partial charge in [-0.2, -0.15) is 0 Å². The van der Waals surface area contributed by atoms with Gasteiger partial charge in [-0.1, -0.05) is 30.6 Å². The predicted octanol–water partition coefficient (Wildman–Crippen LogP) is 3.68. The molecule has 2 aromatic rings. The summed E-state index contributed by atoms with van der Waals surface area (Å²) in [5.74, 6) is 0.258. The summed E-state index contributed by atoms with van der Waals surface area (Å²) in [5.41, 5.74) is 0.946. The molecule has 0 bridgehead atoms. The van der Waals surface area contributed by atoms with Gasteiger partial charge in [-0.15, -0.1) is 0 Å². The molecule has 6 nitrogen and oxygen atoms in total. The van der Waals surface area contributed by atoms with Gasteiger partial charge in [-0.05, 0) is 57.8 Å². The topological polar surface area (TPSA) is 61.4 Å². The number of carbonyl (C=O) groups excluding carboxylic acids is 1. The lowest BCUT2D eigenvalue weighted by atomic mass is 9.94. The Morgan fingerprint density at radius 1 is 1.28 bits per heavy atom. The second-order valence-electron chi connectivity index (χ2n) is 8.53. The molecule has 1 N–H and O–H groups in total. The van der Waals surface area contributed by atoms with Crippen molar-refractivity contribution in [1.82, 2.24) is 20.2 Å². The number of anilines is 1. The number of piperidine rings is 1. The fraction of sp³-hybridized carbons (Fsp3) is 0.682. The van der Waals surface area contributed by atoms with E-state index in [0.717, 1.165) is 67.0 Å². The number of aromatic nitrogens is 2. The molecule has 1 saturated heterocycles. The number of fused-ring (bicyclic) bond motifs is 1. The zero-order chi connectivity index (χ0) is 20.1. The van der Waals surface area contributed by atoms with E-state index in [-0.39, 0.29) is 11.8 Å². The smallest absolute Gasteiger partial charge is 0.224 e. The Hall–Kier alpha value is -1.73. The first-order valence-corrected chi connectivity index (χ1v) is 12.0. The lowest BCUT2D eigenvalue weighted by molar-refractivity contribution is -0.125. The van der Waals surface area contributed by atoms with Crippen molar-refractivity contribution >= 4 is 32.7 Å². The Morgan fingerprint density at radius 2 is 2.14 bits per heavy atom. The predicted molar refractivity (Wildman–Crippen MR) is 119 cm³/mol.